The molecule has 0 bridgehead atoms. The average molecular weight is 1270 g/mol. The number of pyridine rings is 5. The van der Waals surface area contributed by atoms with Crippen molar-refractivity contribution in [3.63, 3.8) is 0 Å². The number of aliphatic hydroxyl groups excluding tert-OH is 2. The van der Waals surface area contributed by atoms with Gasteiger partial charge in [0.1, 0.15) is 0 Å². The Kier molecular flexibility index (Phi) is 18.9. The number of aliphatic hydroxyl groups is 2. The first-order chi connectivity index (χ1) is 39.4. The van der Waals surface area contributed by atoms with Crippen molar-refractivity contribution in [2.75, 3.05) is 26.2 Å². The van der Waals surface area contributed by atoms with Gasteiger partial charge in [-0.1, -0.05) is 63.4 Å². The van der Waals surface area contributed by atoms with E-state index < -0.39 is 0 Å². The molecule has 3 aliphatic carbocycles. The number of amides is 2. The third-order valence-corrected chi connectivity index (χ3v) is 18.2. The lowest BCUT2D eigenvalue weighted by Crippen LogP contribution is -2.41. The van der Waals surface area contributed by atoms with Crippen LogP contribution >= 0.6 is 55.1 Å². The van der Waals surface area contributed by atoms with Gasteiger partial charge >= 0.3 is 7.12 Å². The van der Waals surface area contributed by atoms with Crippen molar-refractivity contribution in [3.05, 3.63) is 180 Å². The van der Waals surface area contributed by atoms with Crippen LogP contribution in [0, 0.1) is 0 Å². The second-order valence-electron chi connectivity index (χ2n) is 22.5. The monoisotopic (exact) mass is 1270 g/mol. The molecule has 13 rings (SSSR count). The number of nitrogens with zero attached hydrogens (tertiary/aromatic N) is 7. The third-order valence-electron chi connectivity index (χ3n) is 16.4. The van der Waals surface area contributed by atoms with Crippen LogP contribution in [0.4, 0.5) is 0 Å². The zero-order chi connectivity index (χ0) is 57.7. The van der Waals surface area contributed by atoms with Gasteiger partial charge in [0.05, 0.1) is 29.1 Å². The van der Waals surface area contributed by atoms with E-state index >= 15 is 0 Å². The minimum Gasteiger partial charge on any atom is -0.399 e. The molecule has 2 aromatic carbocycles. The number of aryl methyl sites for hydroxylation is 2. The van der Waals surface area contributed by atoms with Crippen molar-refractivity contribution in [1.82, 2.24) is 34.7 Å². The highest BCUT2D eigenvalue weighted by atomic mass is 79.9. The van der Waals surface area contributed by atoms with Crippen LogP contribution in [0.5, 0.6) is 0 Å². The second kappa shape index (κ2) is 26.1. The number of hydrogen-bond donors (Lipinski definition) is 2. The molecule has 3 saturated heterocycles. The highest BCUT2D eigenvalue weighted by Gasteiger charge is 2.52. The van der Waals surface area contributed by atoms with Crippen LogP contribution in [0.1, 0.15) is 121 Å². The number of allylic oxidation sites excluding steroid dienone is 1. The van der Waals surface area contributed by atoms with Gasteiger partial charge in [-0.2, -0.15) is 0 Å². The maximum absolute atomic E-state index is 12.8. The number of halogens is 4. The lowest BCUT2D eigenvalue weighted by atomic mass is 9.76. The minimum atomic E-state index is -0.313. The molecule has 0 radical (unpaired) electrons. The smallest absolute Gasteiger partial charge is 0.399 e. The molecule has 7 aromatic rings. The zero-order valence-corrected chi connectivity index (χ0v) is 51.2. The Balaban J connectivity index is 0.000000130. The molecule has 0 atom stereocenters. The molecule has 0 spiro atoms. The van der Waals surface area contributed by atoms with E-state index in [1.165, 1.54) is 51.7 Å². The average Bonchev–Trinajstić information content (AvgIpc) is 4.34. The van der Waals surface area contributed by atoms with Gasteiger partial charge in [-0.25, -0.2) is 0 Å². The maximum atomic E-state index is 12.8. The molecule has 6 aliphatic rings. The lowest BCUT2D eigenvalue weighted by Gasteiger charge is -2.32. The Hall–Kier alpha value is -5.69. The normalized spacial score (nSPS) is 17.6. The zero-order valence-electron chi connectivity index (χ0n) is 46.6. The largest absolute Gasteiger partial charge is 0.495 e. The van der Waals surface area contributed by atoms with Crippen LogP contribution in [0.15, 0.2) is 125 Å². The first-order valence-electron chi connectivity index (χ1n) is 28.1. The van der Waals surface area contributed by atoms with Crippen molar-refractivity contribution >= 4 is 85.5 Å². The maximum Gasteiger partial charge on any atom is 0.495 e. The molecule has 13 nitrogen and oxygen atoms in total. The third kappa shape index (κ3) is 13.6. The molecular weight excluding hydrogens is 1200 g/mol. The summed E-state index contributed by atoms with van der Waals surface area (Å²) in [6, 6.07) is 20.8. The summed E-state index contributed by atoms with van der Waals surface area (Å²) < 4.78 is 14.4. The highest BCUT2D eigenvalue weighted by Crippen LogP contribution is 2.38. The fourth-order valence-corrected chi connectivity index (χ4v) is 12.6. The number of benzene rings is 2. The van der Waals surface area contributed by atoms with Gasteiger partial charge in [0.25, 0.3) is 11.8 Å². The molecule has 8 heterocycles. The molecule has 2 amide bonds. The highest BCUT2D eigenvalue weighted by molar-refractivity contribution is 9.10. The number of fused-ring (bicyclic) bond motifs is 3. The van der Waals surface area contributed by atoms with Crippen LogP contribution in [0.3, 0.4) is 0 Å². The number of carbonyl (C=O) groups excluding carboxylic acids is 2. The van der Waals surface area contributed by atoms with Crippen LogP contribution in [-0.4, -0.2) is 113 Å². The van der Waals surface area contributed by atoms with Crippen molar-refractivity contribution in [2.24, 2.45) is 0 Å². The van der Waals surface area contributed by atoms with E-state index in [0.29, 0.717) is 73.0 Å². The fraction of sp³-hybridized carbons (Fsp3) is 0.359. The van der Waals surface area contributed by atoms with E-state index in [-0.39, 0.29) is 42.3 Å². The molecule has 3 aliphatic heterocycles. The van der Waals surface area contributed by atoms with E-state index in [4.69, 9.17) is 32.5 Å². The summed E-state index contributed by atoms with van der Waals surface area (Å²) in [5.74, 6) is -0.0934. The van der Waals surface area contributed by atoms with Gasteiger partial charge in [-0.3, -0.25) is 34.5 Å². The molecule has 5 aromatic heterocycles. The van der Waals surface area contributed by atoms with Gasteiger partial charge in [0.15, 0.2) is 0 Å². The first-order valence-corrected chi connectivity index (χ1v) is 30.5. The summed E-state index contributed by atoms with van der Waals surface area (Å²) in [5.41, 5.74) is 14.8. The summed E-state index contributed by atoms with van der Waals surface area (Å²) in [5, 5.41) is 20.2. The molecule has 0 saturated carbocycles. The van der Waals surface area contributed by atoms with E-state index in [1.54, 1.807) is 46.6 Å². The minimum absolute atomic E-state index is 0.0438. The topological polar surface area (TPSA) is 164 Å². The Morgan fingerprint density at radius 3 is 1.63 bits per heavy atom. The Labute approximate surface area is 507 Å². The van der Waals surface area contributed by atoms with Gasteiger partial charge in [0.2, 0.25) is 0 Å². The standard InChI is InChI=1S/C25H22ClN3O2.C17H16BrClN2O2.C14H20BNO2.C8H8BrN/c26-23-13-16(25(31)29-10-7-19(30)8-11-29)4-5-21(23)18-12-17(14-27-15-18)20-6-9-28-24-3-1-2-22(20)24;18-13-7-12(9-20-10-13)15-2-1-11(8-16(15)19)17(23)21-5-3-14(22)4-6-21;1-13(2)14(3,4)18-15(17-13)11-8-9-16-12-7-5-6-10(11)12;9-7-4-5-10-8-3-1-2-6(7)8/h1-2,4-6,9,12-15,19,30H,3,7-8,10-11H2;1-2,7-10,14,22H,3-6H2;8-9H,5-7H2,1-4H3;4-5H,1-3H2. The van der Waals surface area contributed by atoms with Gasteiger partial charge < -0.3 is 29.3 Å². The molecule has 18 heteroatoms. The summed E-state index contributed by atoms with van der Waals surface area (Å²) in [7, 11) is -0.246. The van der Waals surface area contributed by atoms with Crippen molar-refractivity contribution in [3.8, 4) is 33.4 Å². The molecule has 424 valence electrons. The summed E-state index contributed by atoms with van der Waals surface area (Å²) >= 11 is 19.9. The van der Waals surface area contributed by atoms with Crippen LogP contribution in [0.2, 0.25) is 10.0 Å². The number of aromatic nitrogens is 5. The van der Waals surface area contributed by atoms with E-state index in [0.717, 1.165) is 74.8 Å². The van der Waals surface area contributed by atoms with Gasteiger partial charge in [-0.15, -0.1) is 0 Å². The van der Waals surface area contributed by atoms with Crippen molar-refractivity contribution < 1.29 is 29.1 Å². The molecule has 2 N–H and O–H groups in total. The molecule has 3 fully saturated rings. The molecular formula is C64H66BBr2Cl2N7O6. The summed E-state index contributed by atoms with van der Waals surface area (Å²) in [6.45, 7) is 10.7. The van der Waals surface area contributed by atoms with Gasteiger partial charge in [0, 0.05) is 151 Å². The lowest BCUT2D eigenvalue weighted by molar-refractivity contribution is 0.00578. The van der Waals surface area contributed by atoms with Crippen molar-refractivity contribution in [2.45, 2.75) is 122 Å². The predicted molar refractivity (Wildman–Crippen MR) is 331 cm³/mol. The van der Waals surface area contributed by atoms with E-state index in [1.807, 2.05) is 67.3 Å². The van der Waals surface area contributed by atoms with E-state index in [9.17, 15) is 19.8 Å². The number of rotatable bonds is 6. The Bertz CT molecular complexity index is 3500. The SMILES string of the molecule is Brc1ccnc2c1CCC2.CC1(C)OB(c2ccnc3c2CCC3)OC1(C)C.O=C(c1ccc(-c2cncc(-c3ccnc4c3C=CC4)c2)c(Cl)c1)N1CCC(O)CC1.O=C(c1ccc(-c2cncc(Br)c2)c(Cl)c1)N1CCC(O)CC1. The van der Waals surface area contributed by atoms with Crippen LogP contribution < -0.4 is 5.46 Å². The number of piperidine rings is 2. The Morgan fingerprint density at radius 1 is 0.598 bits per heavy atom. The van der Waals surface area contributed by atoms with Crippen molar-refractivity contribution in [1.29, 1.82) is 0 Å². The van der Waals surface area contributed by atoms with E-state index in [2.05, 4.69) is 103 Å². The molecule has 0 unspecified atom stereocenters. The fourth-order valence-electron chi connectivity index (χ4n) is 11.1. The van der Waals surface area contributed by atoms with Crippen LogP contribution in [-0.2, 0) is 41.4 Å². The van der Waals surface area contributed by atoms with Gasteiger partial charge in [-0.05, 0) is 185 Å². The molecule has 82 heavy (non-hydrogen) atoms. The summed E-state index contributed by atoms with van der Waals surface area (Å²) in [4.78, 5) is 50.7. The quantitative estimate of drug-likeness (QED) is 0.152. The van der Waals surface area contributed by atoms with Crippen LogP contribution in [0.25, 0.3) is 39.5 Å². The second-order valence-corrected chi connectivity index (χ2v) is 25.0. The number of carbonyl (C=O) groups is 2. The first kappa shape index (κ1) is 59.5. The Morgan fingerprint density at radius 2 is 1.09 bits per heavy atom. The number of hydrogen-bond acceptors (Lipinski definition) is 11. The summed E-state index contributed by atoms with van der Waals surface area (Å²) in [6.07, 6.45) is 26.6. The number of likely N-dealkylation sites (tertiary alicyclic amines) is 2. The predicted octanol–water partition coefficient (Wildman–Crippen LogP) is 12.6.